The van der Waals surface area contributed by atoms with Crippen LogP contribution in [-0.2, 0) is 0 Å². The van der Waals surface area contributed by atoms with E-state index in [1.807, 2.05) is 97.2 Å². The van der Waals surface area contributed by atoms with E-state index in [1.54, 1.807) is 0 Å². The second-order valence-electron chi connectivity index (χ2n) is 14.9. The van der Waals surface area contributed by atoms with Gasteiger partial charge in [-0.1, -0.05) is 158 Å². The van der Waals surface area contributed by atoms with Crippen LogP contribution < -0.4 is 0 Å². The maximum absolute atomic E-state index is 9.41. The van der Waals surface area contributed by atoms with Gasteiger partial charge >= 0.3 is 0 Å². The number of benzene rings is 9. The zero-order valence-electron chi connectivity index (χ0n) is 32.3. The minimum atomic E-state index is 0.617. The molecule has 0 saturated heterocycles. The first-order valence-corrected chi connectivity index (χ1v) is 19.9. The van der Waals surface area contributed by atoms with E-state index in [0.717, 1.165) is 82.5 Å². The van der Waals surface area contributed by atoms with Crippen LogP contribution in [0.25, 0.3) is 111 Å². The molecule has 0 atom stereocenters. The predicted molar refractivity (Wildman–Crippen MR) is 245 cm³/mol. The first-order chi connectivity index (χ1) is 29.7. The molecule has 0 fully saturated rings. The van der Waals surface area contributed by atoms with Crippen LogP contribution in [0.3, 0.4) is 0 Å². The summed E-state index contributed by atoms with van der Waals surface area (Å²) in [5, 5.41) is 17.4. The van der Waals surface area contributed by atoms with E-state index in [-0.39, 0.29) is 0 Å². The molecule has 2 heterocycles. The SMILES string of the molecule is N#Cc1ccc(-c2ccc(-c3cc4c5ccccc5c(-c5cccc(-c6nc(-c7ccccc7)nc(-c7ccccc7)n6)c5)cc4c4cccnc34)c3ccccc23)cc1. The molecule has 11 aromatic rings. The fraction of sp³-hybridized carbons (Fsp3) is 0. The van der Waals surface area contributed by atoms with Gasteiger partial charge in [0.2, 0.25) is 0 Å². The maximum Gasteiger partial charge on any atom is 0.164 e. The molecule has 9 aromatic carbocycles. The number of pyridine rings is 1. The summed E-state index contributed by atoms with van der Waals surface area (Å²) in [6, 6.07) is 69.3. The van der Waals surface area contributed by atoms with Gasteiger partial charge in [0.15, 0.2) is 17.5 Å². The highest BCUT2D eigenvalue weighted by Gasteiger charge is 2.19. The molecule has 0 saturated carbocycles. The van der Waals surface area contributed by atoms with Crippen LogP contribution >= 0.6 is 0 Å². The molecule has 0 aliphatic carbocycles. The van der Waals surface area contributed by atoms with Gasteiger partial charge in [0.1, 0.15) is 0 Å². The van der Waals surface area contributed by atoms with Gasteiger partial charge < -0.3 is 0 Å². The third-order valence-corrected chi connectivity index (χ3v) is 11.4. The number of nitriles is 1. The topological polar surface area (TPSA) is 75.3 Å². The largest absolute Gasteiger partial charge is 0.256 e. The normalized spacial score (nSPS) is 11.3. The molecular weight excluding hydrogens is 731 g/mol. The standard InChI is InChI=1S/C55H33N5/c56-34-35-24-26-36(27-25-35)41-28-29-46(43-20-8-7-19-42(41)43)51-33-49-45-22-10-9-21-44(45)48(32-50(49)47-23-12-30-57-52(47)51)39-17-11-18-40(31-39)55-59-53(37-13-3-1-4-14-37)58-54(60-55)38-15-5-2-6-16-38/h1-33H. The Balaban J connectivity index is 1.10. The lowest BCUT2D eigenvalue weighted by atomic mass is 9.87. The van der Waals surface area contributed by atoms with Crippen LogP contribution in [0.15, 0.2) is 200 Å². The number of hydrogen-bond donors (Lipinski definition) is 0. The summed E-state index contributed by atoms with van der Waals surface area (Å²) in [5.41, 5.74) is 11.0. The number of rotatable bonds is 6. The van der Waals surface area contributed by atoms with Gasteiger partial charge in [-0.25, -0.2) is 15.0 Å². The second-order valence-corrected chi connectivity index (χ2v) is 14.9. The molecule has 0 amide bonds. The number of fused-ring (bicyclic) bond motifs is 6. The van der Waals surface area contributed by atoms with Crippen molar-refractivity contribution >= 4 is 43.2 Å². The van der Waals surface area contributed by atoms with Gasteiger partial charge in [-0.3, -0.25) is 4.98 Å². The molecule has 11 rings (SSSR count). The summed E-state index contributed by atoms with van der Waals surface area (Å²) < 4.78 is 0. The predicted octanol–water partition coefficient (Wildman–Crippen LogP) is 13.8. The summed E-state index contributed by atoms with van der Waals surface area (Å²) in [7, 11) is 0. The molecule has 2 aromatic heterocycles. The lowest BCUT2D eigenvalue weighted by Crippen LogP contribution is -2.00. The highest BCUT2D eigenvalue weighted by Crippen LogP contribution is 2.44. The van der Waals surface area contributed by atoms with Crippen molar-refractivity contribution in [2.75, 3.05) is 0 Å². The van der Waals surface area contributed by atoms with Crippen molar-refractivity contribution < 1.29 is 0 Å². The van der Waals surface area contributed by atoms with E-state index in [4.69, 9.17) is 19.9 Å². The molecule has 5 heteroatoms. The zero-order valence-corrected chi connectivity index (χ0v) is 32.3. The van der Waals surface area contributed by atoms with Gasteiger partial charge in [0, 0.05) is 33.8 Å². The fourth-order valence-electron chi connectivity index (χ4n) is 8.54. The highest BCUT2D eigenvalue weighted by atomic mass is 15.0. The molecule has 0 unspecified atom stereocenters. The Labute approximate surface area is 346 Å². The lowest BCUT2D eigenvalue weighted by molar-refractivity contribution is 1.07. The van der Waals surface area contributed by atoms with Gasteiger partial charge in [-0.15, -0.1) is 0 Å². The third kappa shape index (κ3) is 6.03. The zero-order chi connectivity index (χ0) is 40.0. The Morgan fingerprint density at radius 3 is 1.48 bits per heavy atom. The van der Waals surface area contributed by atoms with E-state index in [2.05, 4.69) is 109 Å². The summed E-state index contributed by atoms with van der Waals surface area (Å²) in [5.74, 6) is 1.88. The van der Waals surface area contributed by atoms with Crippen molar-refractivity contribution in [1.82, 2.24) is 19.9 Å². The highest BCUT2D eigenvalue weighted by molar-refractivity contribution is 6.24. The molecule has 0 spiro atoms. The number of nitrogens with zero attached hydrogens (tertiary/aromatic N) is 5. The Morgan fingerprint density at radius 2 is 0.817 bits per heavy atom. The van der Waals surface area contributed by atoms with Crippen LogP contribution in [0.1, 0.15) is 5.56 Å². The Morgan fingerprint density at radius 1 is 0.317 bits per heavy atom. The fourth-order valence-corrected chi connectivity index (χ4v) is 8.54. The first kappa shape index (κ1) is 34.9. The summed E-state index contributed by atoms with van der Waals surface area (Å²) in [6.07, 6.45) is 1.89. The van der Waals surface area contributed by atoms with Crippen molar-refractivity contribution in [3.8, 4) is 73.6 Å². The van der Waals surface area contributed by atoms with Crippen molar-refractivity contribution in [3.05, 3.63) is 206 Å². The first-order valence-electron chi connectivity index (χ1n) is 19.9. The van der Waals surface area contributed by atoms with Crippen molar-refractivity contribution in [2.45, 2.75) is 0 Å². The van der Waals surface area contributed by atoms with Crippen LogP contribution in [-0.4, -0.2) is 19.9 Å². The number of aromatic nitrogens is 4. The van der Waals surface area contributed by atoms with Crippen LogP contribution in [0.4, 0.5) is 0 Å². The van der Waals surface area contributed by atoms with E-state index in [1.165, 1.54) is 10.8 Å². The molecule has 0 aliphatic rings. The Kier molecular flexibility index (Phi) is 8.46. The maximum atomic E-state index is 9.41. The van der Waals surface area contributed by atoms with Crippen LogP contribution in [0, 0.1) is 11.3 Å². The lowest BCUT2D eigenvalue weighted by Gasteiger charge is -2.17. The molecule has 0 N–H and O–H groups in total. The van der Waals surface area contributed by atoms with Gasteiger partial charge in [0.05, 0.1) is 17.1 Å². The second kappa shape index (κ2) is 14.6. The summed E-state index contributed by atoms with van der Waals surface area (Å²) >= 11 is 0. The van der Waals surface area contributed by atoms with E-state index in [0.29, 0.717) is 23.0 Å². The molecule has 0 aliphatic heterocycles. The Hall–Kier alpha value is -8.33. The summed E-state index contributed by atoms with van der Waals surface area (Å²) in [6.45, 7) is 0. The van der Waals surface area contributed by atoms with E-state index >= 15 is 0 Å². The third-order valence-electron chi connectivity index (χ3n) is 11.4. The minimum Gasteiger partial charge on any atom is -0.256 e. The molecule has 0 radical (unpaired) electrons. The minimum absolute atomic E-state index is 0.617. The molecule has 0 bridgehead atoms. The average Bonchev–Trinajstić information content (AvgIpc) is 3.33. The Bertz CT molecular complexity index is 3420. The van der Waals surface area contributed by atoms with Gasteiger partial charge in [-0.2, -0.15) is 5.26 Å². The van der Waals surface area contributed by atoms with Crippen molar-refractivity contribution in [1.29, 1.82) is 5.26 Å². The molecule has 278 valence electrons. The number of hydrogen-bond acceptors (Lipinski definition) is 5. The van der Waals surface area contributed by atoms with Crippen LogP contribution in [0.5, 0.6) is 0 Å². The molecular formula is C55H33N5. The van der Waals surface area contributed by atoms with Gasteiger partial charge in [0.25, 0.3) is 0 Å². The van der Waals surface area contributed by atoms with E-state index in [9.17, 15) is 5.26 Å². The smallest absolute Gasteiger partial charge is 0.164 e. The van der Waals surface area contributed by atoms with Crippen molar-refractivity contribution in [3.63, 3.8) is 0 Å². The summed E-state index contributed by atoms with van der Waals surface area (Å²) in [4.78, 5) is 20.0. The molecule has 5 nitrogen and oxygen atoms in total. The average molecular weight is 764 g/mol. The quantitative estimate of drug-likeness (QED) is 0.158. The monoisotopic (exact) mass is 763 g/mol. The van der Waals surface area contributed by atoms with Crippen LogP contribution in [0.2, 0.25) is 0 Å². The van der Waals surface area contributed by atoms with Crippen molar-refractivity contribution in [2.24, 2.45) is 0 Å². The van der Waals surface area contributed by atoms with E-state index < -0.39 is 0 Å². The van der Waals surface area contributed by atoms with Gasteiger partial charge in [-0.05, 0) is 96.5 Å². The molecule has 60 heavy (non-hydrogen) atoms.